The molecule has 2 heterocycles. The molecule has 0 bridgehead atoms. The van der Waals surface area contributed by atoms with Crippen molar-refractivity contribution in [2.24, 2.45) is 0 Å². The summed E-state index contributed by atoms with van der Waals surface area (Å²) in [5, 5.41) is 3.97. The fourth-order valence-corrected chi connectivity index (χ4v) is 4.94. The normalized spacial score (nSPS) is 35.1. The van der Waals surface area contributed by atoms with Gasteiger partial charge < -0.3 is 10.2 Å². The van der Waals surface area contributed by atoms with E-state index < -0.39 is 0 Å². The van der Waals surface area contributed by atoms with Crippen LogP contribution in [0.1, 0.15) is 65.2 Å². The molecule has 2 unspecified atom stereocenters. The minimum Gasteiger partial charge on any atom is -0.308 e. The van der Waals surface area contributed by atoms with Gasteiger partial charge in [0.2, 0.25) is 0 Å². The van der Waals surface area contributed by atoms with Crippen molar-refractivity contribution in [3.8, 4) is 0 Å². The van der Waals surface area contributed by atoms with Gasteiger partial charge in [0.05, 0.1) is 0 Å². The summed E-state index contributed by atoms with van der Waals surface area (Å²) in [7, 11) is 0. The van der Waals surface area contributed by atoms with Crippen LogP contribution < -0.4 is 5.32 Å². The van der Waals surface area contributed by atoms with Gasteiger partial charge in [0.25, 0.3) is 0 Å². The molecule has 1 N–H and O–H groups in total. The van der Waals surface area contributed by atoms with Crippen molar-refractivity contribution in [3.05, 3.63) is 0 Å². The van der Waals surface area contributed by atoms with E-state index in [2.05, 4.69) is 29.0 Å². The highest BCUT2D eigenvalue weighted by atomic mass is 15.3. The van der Waals surface area contributed by atoms with Gasteiger partial charge in [-0.3, -0.25) is 4.90 Å². The largest absolute Gasteiger partial charge is 0.308 e. The second kappa shape index (κ2) is 6.97. The van der Waals surface area contributed by atoms with Crippen molar-refractivity contribution in [2.45, 2.75) is 82.8 Å². The van der Waals surface area contributed by atoms with Gasteiger partial charge in [-0.05, 0) is 45.2 Å². The molecular weight excluding hydrogens is 258 g/mol. The number of nitrogens with one attached hydrogen (secondary N) is 1. The Labute approximate surface area is 131 Å². The van der Waals surface area contributed by atoms with Crippen LogP contribution in [0, 0.1) is 0 Å². The second-order valence-electron chi connectivity index (χ2n) is 7.65. The molecule has 3 nitrogen and oxygen atoms in total. The second-order valence-corrected chi connectivity index (χ2v) is 7.65. The molecular formula is C18H35N3. The van der Waals surface area contributed by atoms with Crippen LogP contribution in [0.5, 0.6) is 0 Å². The quantitative estimate of drug-likeness (QED) is 0.863. The van der Waals surface area contributed by atoms with Gasteiger partial charge in [-0.15, -0.1) is 0 Å². The number of piperidine rings is 1. The zero-order chi connectivity index (χ0) is 14.7. The fourth-order valence-electron chi connectivity index (χ4n) is 4.94. The summed E-state index contributed by atoms with van der Waals surface area (Å²) in [4.78, 5) is 5.58. The molecule has 3 fully saturated rings. The highest BCUT2D eigenvalue weighted by Crippen LogP contribution is 2.34. The summed E-state index contributed by atoms with van der Waals surface area (Å²) < 4.78 is 0. The van der Waals surface area contributed by atoms with Gasteiger partial charge in [-0.25, -0.2) is 0 Å². The van der Waals surface area contributed by atoms with Gasteiger partial charge in [0.15, 0.2) is 0 Å². The summed E-state index contributed by atoms with van der Waals surface area (Å²) >= 11 is 0. The molecule has 1 spiro atoms. The molecule has 0 radical (unpaired) electrons. The summed E-state index contributed by atoms with van der Waals surface area (Å²) in [6.07, 6.45) is 11.2. The third-order valence-corrected chi connectivity index (χ3v) is 6.35. The third-order valence-electron chi connectivity index (χ3n) is 6.35. The molecule has 0 aromatic rings. The lowest BCUT2D eigenvalue weighted by atomic mass is 9.78. The molecule has 0 aromatic heterocycles. The minimum absolute atomic E-state index is 0.457. The summed E-state index contributed by atoms with van der Waals surface area (Å²) in [6.45, 7) is 11.1. The van der Waals surface area contributed by atoms with Gasteiger partial charge in [-0.1, -0.05) is 33.1 Å². The van der Waals surface area contributed by atoms with Crippen LogP contribution in [0.4, 0.5) is 0 Å². The maximum absolute atomic E-state index is 3.97. The van der Waals surface area contributed by atoms with Crippen LogP contribution in [0.25, 0.3) is 0 Å². The van der Waals surface area contributed by atoms with Crippen LogP contribution in [0.3, 0.4) is 0 Å². The Kier molecular flexibility index (Phi) is 5.23. The topological polar surface area (TPSA) is 18.5 Å². The lowest BCUT2D eigenvalue weighted by Crippen LogP contribution is -2.68. The van der Waals surface area contributed by atoms with Crippen LogP contribution >= 0.6 is 0 Å². The molecule has 1 aliphatic carbocycles. The number of piperazine rings is 1. The molecule has 3 aliphatic rings. The molecule has 2 saturated heterocycles. The number of hydrogen-bond donors (Lipinski definition) is 1. The molecule has 1 saturated carbocycles. The van der Waals surface area contributed by atoms with Crippen LogP contribution in [0.2, 0.25) is 0 Å². The maximum atomic E-state index is 3.97. The first kappa shape index (κ1) is 15.8. The number of likely N-dealkylation sites (N-methyl/N-ethyl adjacent to an activating group) is 1. The Balaban J connectivity index is 1.69. The van der Waals surface area contributed by atoms with E-state index in [0.29, 0.717) is 5.54 Å². The van der Waals surface area contributed by atoms with Gasteiger partial charge >= 0.3 is 0 Å². The van der Waals surface area contributed by atoms with E-state index in [-0.39, 0.29) is 0 Å². The molecule has 0 amide bonds. The first-order chi connectivity index (χ1) is 10.3. The van der Waals surface area contributed by atoms with Crippen molar-refractivity contribution in [1.82, 2.24) is 15.1 Å². The third kappa shape index (κ3) is 3.46. The van der Waals surface area contributed by atoms with Crippen molar-refractivity contribution >= 4 is 0 Å². The Hall–Kier alpha value is -0.120. The smallest absolute Gasteiger partial charge is 0.0309 e. The van der Waals surface area contributed by atoms with E-state index in [1.54, 1.807) is 0 Å². The zero-order valence-corrected chi connectivity index (χ0v) is 14.2. The Morgan fingerprint density at radius 2 is 1.90 bits per heavy atom. The summed E-state index contributed by atoms with van der Waals surface area (Å²) in [5.74, 6) is 0. The van der Waals surface area contributed by atoms with Crippen molar-refractivity contribution in [1.29, 1.82) is 0 Å². The Morgan fingerprint density at radius 1 is 1.10 bits per heavy atom. The molecule has 122 valence electrons. The van der Waals surface area contributed by atoms with Crippen molar-refractivity contribution in [2.75, 3.05) is 32.7 Å². The summed E-state index contributed by atoms with van der Waals surface area (Å²) in [5.41, 5.74) is 0.457. The first-order valence-electron chi connectivity index (χ1n) is 9.49. The molecule has 3 heteroatoms. The molecule has 0 aromatic carbocycles. The van der Waals surface area contributed by atoms with E-state index in [1.807, 2.05) is 0 Å². The van der Waals surface area contributed by atoms with Crippen LogP contribution in [-0.4, -0.2) is 60.1 Å². The molecule has 2 aliphatic heterocycles. The van der Waals surface area contributed by atoms with E-state index >= 15 is 0 Å². The minimum atomic E-state index is 0.457. The number of rotatable bonds is 3. The monoisotopic (exact) mass is 293 g/mol. The molecule has 3 rings (SSSR count). The molecule has 21 heavy (non-hydrogen) atoms. The highest BCUT2D eigenvalue weighted by Gasteiger charge is 2.42. The van der Waals surface area contributed by atoms with Crippen LogP contribution in [0.15, 0.2) is 0 Å². The highest BCUT2D eigenvalue weighted by molar-refractivity contribution is 5.01. The number of likely N-dealkylation sites (tertiary alicyclic amines) is 1. The molecule has 2 atom stereocenters. The van der Waals surface area contributed by atoms with E-state index in [9.17, 15) is 0 Å². The SMILES string of the molecule is CCC1CNC2(CCCCC2)CN1C1CCCN(CC)C1. The lowest BCUT2D eigenvalue weighted by Gasteiger charge is -2.53. The number of nitrogens with zero attached hydrogens (tertiary/aromatic N) is 2. The number of hydrogen-bond acceptors (Lipinski definition) is 3. The van der Waals surface area contributed by atoms with E-state index in [1.165, 1.54) is 84.1 Å². The van der Waals surface area contributed by atoms with Crippen molar-refractivity contribution in [3.63, 3.8) is 0 Å². The Bertz CT molecular complexity index is 324. The van der Waals surface area contributed by atoms with Crippen molar-refractivity contribution < 1.29 is 0 Å². The van der Waals surface area contributed by atoms with Gasteiger partial charge in [0, 0.05) is 37.3 Å². The standard InChI is InChI=1S/C18H35N3/c1-3-16-13-19-18(10-6-5-7-11-18)15-21(16)17-9-8-12-20(4-2)14-17/h16-17,19H,3-15H2,1-2H3. The van der Waals surface area contributed by atoms with E-state index in [0.717, 1.165) is 12.1 Å². The Morgan fingerprint density at radius 3 is 2.62 bits per heavy atom. The average molecular weight is 293 g/mol. The first-order valence-corrected chi connectivity index (χ1v) is 9.49. The van der Waals surface area contributed by atoms with E-state index in [4.69, 9.17) is 0 Å². The predicted octanol–water partition coefficient (Wildman–Crippen LogP) is 2.86. The van der Waals surface area contributed by atoms with Gasteiger partial charge in [-0.2, -0.15) is 0 Å². The summed E-state index contributed by atoms with van der Waals surface area (Å²) in [6, 6.07) is 1.57. The lowest BCUT2D eigenvalue weighted by molar-refractivity contribution is -0.00313. The zero-order valence-electron chi connectivity index (χ0n) is 14.2. The van der Waals surface area contributed by atoms with Gasteiger partial charge in [0.1, 0.15) is 0 Å². The fraction of sp³-hybridized carbons (Fsp3) is 1.00. The average Bonchev–Trinajstić information content (AvgIpc) is 2.56. The maximum Gasteiger partial charge on any atom is 0.0309 e. The predicted molar refractivity (Wildman–Crippen MR) is 89.7 cm³/mol. The van der Waals surface area contributed by atoms with Crippen LogP contribution in [-0.2, 0) is 0 Å².